The van der Waals surface area contributed by atoms with Crippen LogP contribution < -0.4 is 14.8 Å². The van der Waals surface area contributed by atoms with Crippen LogP contribution in [0.2, 0.25) is 5.02 Å². The van der Waals surface area contributed by atoms with Gasteiger partial charge in [-0.25, -0.2) is 4.39 Å². The molecule has 3 aromatic rings. The second-order valence-electron chi connectivity index (χ2n) is 7.35. The highest BCUT2D eigenvalue weighted by molar-refractivity contribution is 6.32. The van der Waals surface area contributed by atoms with Gasteiger partial charge in [-0.2, -0.15) is 18.4 Å². The molecule has 0 aliphatic heterocycles. The molecule has 1 amide bonds. The lowest BCUT2D eigenvalue weighted by Gasteiger charge is -2.15. The summed E-state index contributed by atoms with van der Waals surface area (Å²) >= 11 is 6.35. The number of amides is 1. The largest absolute Gasteiger partial charge is 0.490 e. The molecule has 0 fully saturated rings. The van der Waals surface area contributed by atoms with E-state index in [9.17, 15) is 27.6 Å². The zero-order valence-electron chi connectivity index (χ0n) is 18.8. The normalized spacial score (nSPS) is 11.5. The van der Waals surface area contributed by atoms with Crippen molar-refractivity contribution in [3.05, 3.63) is 93.8 Å². The Hall–Kier alpha value is -4.03. The van der Waals surface area contributed by atoms with Gasteiger partial charge in [-0.3, -0.25) is 4.79 Å². The molecule has 36 heavy (non-hydrogen) atoms. The number of nitriles is 1. The number of carbonyl (C=O) groups excluding carboxylic acids is 1. The van der Waals surface area contributed by atoms with Crippen LogP contribution in [0.3, 0.4) is 0 Å². The molecule has 0 aliphatic rings. The van der Waals surface area contributed by atoms with Crippen LogP contribution in [0.5, 0.6) is 11.5 Å². The Kier molecular flexibility index (Phi) is 8.56. The van der Waals surface area contributed by atoms with Crippen molar-refractivity contribution in [1.82, 2.24) is 0 Å². The van der Waals surface area contributed by atoms with Crippen molar-refractivity contribution < 1.29 is 31.8 Å². The third kappa shape index (κ3) is 6.77. The molecule has 0 atom stereocenters. The van der Waals surface area contributed by atoms with Crippen LogP contribution in [-0.2, 0) is 17.6 Å². The van der Waals surface area contributed by atoms with Gasteiger partial charge < -0.3 is 14.8 Å². The van der Waals surface area contributed by atoms with Gasteiger partial charge in [0, 0.05) is 11.3 Å². The number of rotatable bonds is 8. The van der Waals surface area contributed by atoms with Crippen LogP contribution >= 0.6 is 11.6 Å². The zero-order chi connectivity index (χ0) is 26.3. The van der Waals surface area contributed by atoms with Gasteiger partial charge in [-0.1, -0.05) is 35.9 Å². The lowest BCUT2D eigenvalue weighted by Crippen LogP contribution is -2.14. The van der Waals surface area contributed by atoms with E-state index in [1.165, 1.54) is 30.3 Å². The minimum absolute atomic E-state index is 0.0825. The van der Waals surface area contributed by atoms with Crippen molar-refractivity contribution in [3.63, 3.8) is 0 Å². The maximum atomic E-state index is 13.9. The zero-order valence-corrected chi connectivity index (χ0v) is 19.6. The standard InChI is InChI=1S/C26H19ClF4N2O3/c1-2-35-23-12-16(11-21(27)24(23)36-15-17-6-3-4-9-22(17)28)10-18(14-32)25(34)33-20-8-5-7-19(13-20)26(29,30)31/h3-13H,2,15H2,1H3,(H,33,34)/b18-10+. The second kappa shape index (κ2) is 11.6. The van der Waals surface area contributed by atoms with E-state index in [-0.39, 0.29) is 41.0 Å². The summed E-state index contributed by atoms with van der Waals surface area (Å²) in [5.41, 5.74) is -0.843. The molecule has 0 unspecified atom stereocenters. The summed E-state index contributed by atoms with van der Waals surface area (Å²) in [6.07, 6.45) is -3.38. The number of benzene rings is 3. The SMILES string of the molecule is CCOc1cc(/C=C(\C#N)C(=O)Nc2cccc(C(F)(F)F)c2)cc(Cl)c1OCc1ccccc1F. The molecule has 5 nitrogen and oxygen atoms in total. The van der Waals surface area contributed by atoms with Gasteiger partial charge in [-0.15, -0.1) is 0 Å². The van der Waals surface area contributed by atoms with Crippen LogP contribution in [0.15, 0.2) is 66.2 Å². The van der Waals surface area contributed by atoms with Crippen molar-refractivity contribution >= 4 is 29.3 Å². The molecular formula is C26H19ClF4N2O3. The minimum Gasteiger partial charge on any atom is -0.490 e. The van der Waals surface area contributed by atoms with E-state index in [4.69, 9.17) is 21.1 Å². The van der Waals surface area contributed by atoms with Crippen molar-refractivity contribution in [2.75, 3.05) is 11.9 Å². The third-order valence-corrected chi connectivity index (χ3v) is 5.07. The number of anilines is 1. The number of halogens is 5. The Balaban J connectivity index is 1.85. The van der Waals surface area contributed by atoms with Crippen molar-refractivity contribution in [1.29, 1.82) is 5.26 Å². The summed E-state index contributed by atoms with van der Waals surface area (Å²) in [5.74, 6) is -1.02. The van der Waals surface area contributed by atoms with Gasteiger partial charge in [0.25, 0.3) is 5.91 Å². The van der Waals surface area contributed by atoms with Gasteiger partial charge in [0.05, 0.1) is 17.2 Å². The van der Waals surface area contributed by atoms with Crippen LogP contribution in [0, 0.1) is 17.1 Å². The van der Waals surface area contributed by atoms with E-state index >= 15 is 0 Å². The van der Waals surface area contributed by atoms with E-state index in [0.717, 1.165) is 18.2 Å². The molecule has 0 aromatic heterocycles. The smallest absolute Gasteiger partial charge is 0.416 e. The topological polar surface area (TPSA) is 71.3 Å². The predicted molar refractivity (Wildman–Crippen MR) is 127 cm³/mol. The highest BCUT2D eigenvalue weighted by atomic mass is 35.5. The first kappa shape index (κ1) is 26.6. The Morgan fingerprint density at radius 1 is 1.11 bits per heavy atom. The lowest BCUT2D eigenvalue weighted by atomic mass is 10.1. The van der Waals surface area contributed by atoms with Crippen LogP contribution in [0.25, 0.3) is 6.08 Å². The van der Waals surface area contributed by atoms with E-state index in [1.807, 2.05) is 0 Å². The van der Waals surface area contributed by atoms with Crippen molar-refractivity contribution in [3.8, 4) is 17.6 Å². The number of nitrogens with one attached hydrogen (secondary N) is 1. The van der Waals surface area contributed by atoms with E-state index in [2.05, 4.69) is 5.32 Å². The van der Waals surface area contributed by atoms with Gasteiger partial charge in [0.2, 0.25) is 0 Å². The summed E-state index contributed by atoms with van der Waals surface area (Å²) in [6, 6.07) is 14.7. The summed E-state index contributed by atoms with van der Waals surface area (Å²) in [5, 5.41) is 11.8. The van der Waals surface area contributed by atoms with Gasteiger partial charge in [0.1, 0.15) is 24.1 Å². The molecule has 0 aliphatic carbocycles. The predicted octanol–water partition coefficient (Wildman–Crippen LogP) is 7.02. The molecule has 0 heterocycles. The van der Waals surface area contributed by atoms with Crippen LogP contribution in [-0.4, -0.2) is 12.5 Å². The highest BCUT2D eigenvalue weighted by Crippen LogP contribution is 2.38. The molecule has 0 saturated carbocycles. The van der Waals surface area contributed by atoms with Gasteiger partial charge in [-0.05, 0) is 55.0 Å². The Morgan fingerprint density at radius 2 is 1.86 bits per heavy atom. The fraction of sp³-hybridized carbons (Fsp3) is 0.154. The molecule has 10 heteroatoms. The lowest BCUT2D eigenvalue weighted by molar-refractivity contribution is -0.137. The molecule has 1 N–H and O–H groups in total. The fourth-order valence-electron chi connectivity index (χ4n) is 3.13. The first-order valence-electron chi connectivity index (χ1n) is 10.5. The van der Waals surface area contributed by atoms with Gasteiger partial charge >= 0.3 is 6.18 Å². The van der Waals surface area contributed by atoms with Gasteiger partial charge in [0.15, 0.2) is 11.5 Å². The van der Waals surface area contributed by atoms with Crippen molar-refractivity contribution in [2.45, 2.75) is 19.7 Å². The van der Waals surface area contributed by atoms with Crippen LogP contribution in [0.1, 0.15) is 23.6 Å². The number of alkyl halides is 3. The highest BCUT2D eigenvalue weighted by Gasteiger charge is 2.30. The Labute approximate surface area is 209 Å². The number of hydrogen-bond donors (Lipinski definition) is 1. The fourth-order valence-corrected chi connectivity index (χ4v) is 3.40. The molecule has 0 spiro atoms. The summed E-state index contributed by atoms with van der Waals surface area (Å²) in [7, 11) is 0. The maximum absolute atomic E-state index is 13.9. The molecular weight excluding hydrogens is 500 g/mol. The minimum atomic E-state index is -4.59. The average Bonchev–Trinajstić information content (AvgIpc) is 2.83. The monoisotopic (exact) mass is 518 g/mol. The summed E-state index contributed by atoms with van der Waals surface area (Å²) < 4.78 is 64.0. The molecule has 3 rings (SSSR count). The first-order chi connectivity index (χ1) is 17.1. The first-order valence-corrected chi connectivity index (χ1v) is 10.9. The van der Waals surface area contributed by atoms with E-state index < -0.39 is 23.5 Å². The summed E-state index contributed by atoms with van der Waals surface area (Å²) in [6.45, 7) is 1.84. The quantitative estimate of drug-likeness (QED) is 0.197. The number of nitrogens with zero attached hydrogens (tertiary/aromatic N) is 1. The molecule has 0 bridgehead atoms. The molecule has 0 saturated heterocycles. The van der Waals surface area contributed by atoms with E-state index in [0.29, 0.717) is 11.1 Å². The third-order valence-electron chi connectivity index (χ3n) is 4.79. The maximum Gasteiger partial charge on any atom is 0.416 e. The number of ether oxygens (including phenoxy) is 2. The molecule has 186 valence electrons. The van der Waals surface area contributed by atoms with Crippen LogP contribution in [0.4, 0.5) is 23.2 Å². The molecule has 0 radical (unpaired) electrons. The van der Waals surface area contributed by atoms with E-state index in [1.54, 1.807) is 31.2 Å². The Bertz CT molecular complexity index is 1330. The number of hydrogen-bond acceptors (Lipinski definition) is 4. The van der Waals surface area contributed by atoms with Crippen molar-refractivity contribution in [2.24, 2.45) is 0 Å². The summed E-state index contributed by atoms with van der Waals surface area (Å²) in [4.78, 5) is 12.6. The molecule has 3 aromatic carbocycles. The number of carbonyl (C=O) groups is 1. The second-order valence-corrected chi connectivity index (χ2v) is 7.75. The Morgan fingerprint density at radius 3 is 2.53 bits per heavy atom. The average molecular weight is 519 g/mol.